The van der Waals surface area contributed by atoms with Crippen molar-refractivity contribution in [2.45, 2.75) is 12.2 Å². The minimum absolute atomic E-state index is 0.0568. The zero-order valence-corrected chi connectivity index (χ0v) is 10.7. The van der Waals surface area contributed by atoms with Gasteiger partial charge in [0.15, 0.2) is 0 Å². The molecule has 88 valence electrons. The molecular formula is C11H14ClNO2S. The van der Waals surface area contributed by atoms with Crippen LogP contribution in [0.5, 0.6) is 5.75 Å². The predicted octanol–water partition coefficient (Wildman–Crippen LogP) is 2.53. The van der Waals surface area contributed by atoms with Crippen LogP contribution in [-0.4, -0.2) is 29.1 Å². The number of benzene rings is 1. The Kier molecular flexibility index (Phi) is 4.96. The van der Waals surface area contributed by atoms with Crippen LogP contribution in [0.4, 0.5) is 0 Å². The highest BCUT2D eigenvalue weighted by Crippen LogP contribution is 2.21. The van der Waals surface area contributed by atoms with Crippen molar-refractivity contribution in [3.8, 4) is 5.75 Å². The first-order valence-corrected chi connectivity index (χ1v) is 6.50. The summed E-state index contributed by atoms with van der Waals surface area (Å²) < 4.78 is 0. The molecule has 0 fully saturated rings. The molecule has 0 spiro atoms. The number of rotatable bonds is 4. The maximum absolute atomic E-state index is 11.7. The maximum Gasteiger partial charge on any atom is 0.255 e. The second-order valence-electron chi connectivity index (χ2n) is 3.42. The lowest BCUT2D eigenvalue weighted by atomic mass is 10.2. The van der Waals surface area contributed by atoms with E-state index >= 15 is 0 Å². The Labute approximate surface area is 104 Å². The predicted molar refractivity (Wildman–Crippen MR) is 68.4 cm³/mol. The Morgan fingerprint density at radius 1 is 1.62 bits per heavy atom. The van der Waals surface area contributed by atoms with Crippen LogP contribution in [0.2, 0.25) is 5.02 Å². The van der Waals surface area contributed by atoms with Crippen LogP contribution < -0.4 is 5.32 Å². The van der Waals surface area contributed by atoms with Crippen LogP contribution in [0.15, 0.2) is 18.2 Å². The molecule has 0 aliphatic heterocycles. The number of carbonyl (C=O) groups excluding carboxylic acids is 1. The molecule has 0 aromatic heterocycles. The number of amides is 1. The van der Waals surface area contributed by atoms with E-state index in [9.17, 15) is 9.90 Å². The number of hydrogen-bond acceptors (Lipinski definition) is 3. The Balaban J connectivity index is 2.69. The summed E-state index contributed by atoms with van der Waals surface area (Å²) in [5.74, 6) is -0.361. The summed E-state index contributed by atoms with van der Waals surface area (Å²) in [5.41, 5.74) is 0.209. The number of thioether (sulfide) groups is 1. The zero-order valence-electron chi connectivity index (χ0n) is 9.16. The van der Waals surface area contributed by atoms with Crippen molar-refractivity contribution in [3.63, 3.8) is 0 Å². The van der Waals surface area contributed by atoms with Crippen molar-refractivity contribution in [2.24, 2.45) is 0 Å². The normalized spacial score (nSPS) is 12.2. The number of phenolic OH excluding ortho intramolecular Hbond substituents is 1. The van der Waals surface area contributed by atoms with Crippen molar-refractivity contribution in [2.75, 3.05) is 12.8 Å². The summed E-state index contributed by atoms with van der Waals surface area (Å²) in [5, 5.41) is 13.0. The molecule has 0 saturated carbocycles. The fourth-order valence-electron chi connectivity index (χ4n) is 1.11. The summed E-state index contributed by atoms with van der Waals surface area (Å²) in [6, 6.07) is 4.41. The molecule has 1 amide bonds. The van der Waals surface area contributed by atoms with Crippen LogP contribution >= 0.6 is 23.4 Å². The van der Waals surface area contributed by atoms with E-state index < -0.39 is 0 Å². The minimum Gasteiger partial charge on any atom is -0.507 e. The van der Waals surface area contributed by atoms with Gasteiger partial charge in [-0.25, -0.2) is 0 Å². The molecule has 0 radical (unpaired) electrons. The first kappa shape index (κ1) is 13.2. The molecule has 0 aliphatic carbocycles. The molecular weight excluding hydrogens is 246 g/mol. The van der Waals surface area contributed by atoms with Crippen LogP contribution in [0.25, 0.3) is 0 Å². The first-order chi connectivity index (χ1) is 7.54. The molecule has 16 heavy (non-hydrogen) atoms. The molecule has 0 saturated heterocycles. The highest BCUT2D eigenvalue weighted by molar-refractivity contribution is 7.99. The van der Waals surface area contributed by atoms with Gasteiger partial charge in [0.25, 0.3) is 5.91 Å². The standard InChI is InChI=1S/C11H14ClNO2S/c1-7(16-2)6-13-11(15)9-5-8(12)3-4-10(9)14/h3-5,7,14H,6H2,1-2H3,(H,13,15). The fraction of sp³-hybridized carbons (Fsp3) is 0.364. The minimum atomic E-state index is -0.305. The SMILES string of the molecule is CSC(C)CNC(=O)c1cc(Cl)ccc1O. The Morgan fingerprint density at radius 3 is 2.94 bits per heavy atom. The van der Waals surface area contributed by atoms with Gasteiger partial charge in [-0.05, 0) is 24.5 Å². The molecule has 5 heteroatoms. The van der Waals surface area contributed by atoms with E-state index in [1.54, 1.807) is 11.8 Å². The van der Waals surface area contributed by atoms with Gasteiger partial charge in [0.1, 0.15) is 5.75 Å². The average Bonchev–Trinajstić information content (AvgIpc) is 2.28. The van der Waals surface area contributed by atoms with E-state index in [0.717, 1.165) is 0 Å². The lowest BCUT2D eigenvalue weighted by Gasteiger charge is -2.10. The number of nitrogens with one attached hydrogen (secondary N) is 1. The van der Waals surface area contributed by atoms with Gasteiger partial charge in [0.2, 0.25) is 0 Å². The highest BCUT2D eigenvalue weighted by Gasteiger charge is 2.12. The molecule has 1 atom stereocenters. The van der Waals surface area contributed by atoms with Crippen molar-refractivity contribution >= 4 is 29.3 Å². The molecule has 0 bridgehead atoms. The number of hydrogen-bond donors (Lipinski definition) is 2. The largest absolute Gasteiger partial charge is 0.507 e. The van der Waals surface area contributed by atoms with Gasteiger partial charge in [-0.3, -0.25) is 4.79 Å². The summed E-state index contributed by atoms with van der Waals surface area (Å²) >= 11 is 7.42. The van der Waals surface area contributed by atoms with E-state index in [-0.39, 0.29) is 17.2 Å². The van der Waals surface area contributed by atoms with Gasteiger partial charge >= 0.3 is 0 Å². The topological polar surface area (TPSA) is 49.3 Å². The Morgan fingerprint density at radius 2 is 2.31 bits per heavy atom. The molecule has 0 aliphatic rings. The summed E-state index contributed by atoms with van der Waals surface area (Å²) in [7, 11) is 0. The lowest BCUT2D eigenvalue weighted by Crippen LogP contribution is -2.29. The molecule has 1 aromatic carbocycles. The molecule has 3 nitrogen and oxygen atoms in total. The first-order valence-electron chi connectivity index (χ1n) is 4.84. The van der Waals surface area contributed by atoms with Crippen molar-refractivity contribution in [1.29, 1.82) is 0 Å². The van der Waals surface area contributed by atoms with E-state index in [0.29, 0.717) is 16.8 Å². The third kappa shape index (κ3) is 3.61. The zero-order chi connectivity index (χ0) is 12.1. The number of aromatic hydroxyl groups is 1. The van der Waals surface area contributed by atoms with Gasteiger partial charge in [-0.1, -0.05) is 18.5 Å². The van der Waals surface area contributed by atoms with Crippen LogP contribution in [0, 0.1) is 0 Å². The van der Waals surface area contributed by atoms with Gasteiger partial charge in [0.05, 0.1) is 5.56 Å². The van der Waals surface area contributed by atoms with Gasteiger partial charge in [-0.15, -0.1) is 0 Å². The van der Waals surface area contributed by atoms with Gasteiger partial charge in [-0.2, -0.15) is 11.8 Å². The summed E-state index contributed by atoms with van der Waals surface area (Å²) in [6.07, 6.45) is 1.98. The van der Waals surface area contributed by atoms with E-state index in [1.807, 2.05) is 13.2 Å². The van der Waals surface area contributed by atoms with Gasteiger partial charge < -0.3 is 10.4 Å². The van der Waals surface area contributed by atoms with Crippen molar-refractivity contribution < 1.29 is 9.90 Å². The van der Waals surface area contributed by atoms with Crippen molar-refractivity contribution in [3.05, 3.63) is 28.8 Å². The monoisotopic (exact) mass is 259 g/mol. The van der Waals surface area contributed by atoms with Crippen LogP contribution in [-0.2, 0) is 0 Å². The fourth-order valence-corrected chi connectivity index (χ4v) is 1.53. The quantitative estimate of drug-likeness (QED) is 0.874. The molecule has 0 heterocycles. The number of halogens is 1. The average molecular weight is 260 g/mol. The Bertz CT molecular complexity index is 384. The number of carbonyl (C=O) groups is 1. The van der Waals surface area contributed by atoms with E-state index in [1.165, 1.54) is 18.2 Å². The number of phenols is 1. The smallest absolute Gasteiger partial charge is 0.255 e. The molecule has 1 unspecified atom stereocenters. The second kappa shape index (κ2) is 6.01. The van der Waals surface area contributed by atoms with Crippen LogP contribution in [0.1, 0.15) is 17.3 Å². The van der Waals surface area contributed by atoms with E-state index in [2.05, 4.69) is 5.32 Å². The summed E-state index contributed by atoms with van der Waals surface area (Å²) in [4.78, 5) is 11.7. The van der Waals surface area contributed by atoms with Crippen LogP contribution in [0.3, 0.4) is 0 Å². The third-order valence-corrected chi connectivity index (χ3v) is 3.36. The molecule has 2 N–H and O–H groups in total. The maximum atomic E-state index is 11.7. The molecule has 1 aromatic rings. The second-order valence-corrected chi connectivity index (χ2v) is 5.13. The molecule has 1 rings (SSSR count). The highest BCUT2D eigenvalue weighted by atomic mass is 35.5. The summed E-state index contributed by atoms with van der Waals surface area (Å²) in [6.45, 7) is 2.58. The third-order valence-electron chi connectivity index (χ3n) is 2.16. The lowest BCUT2D eigenvalue weighted by molar-refractivity contribution is 0.0951. The Hall–Kier alpha value is -0.870. The van der Waals surface area contributed by atoms with E-state index in [4.69, 9.17) is 11.6 Å². The van der Waals surface area contributed by atoms with Gasteiger partial charge in [0, 0.05) is 16.8 Å². The van der Waals surface area contributed by atoms with Crippen molar-refractivity contribution in [1.82, 2.24) is 5.32 Å².